The van der Waals surface area contributed by atoms with Gasteiger partial charge in [0.25, 0.3) is 0 Å². The van der Waals surface area contributed by atoms with Crippen molar-refractivity contribution in [1.29, 1.82) is 0 Å². The van der Waals surface area contributed by atoms with Crippen molar-refractivity contribution in [3.05, 3.63) is 0 Å². The van der Waals surface area contributed by atoms with E-state index in [1.807, 2.05) is 6.92 Å². The second-order valence-electron chi connectivity index (χ2n) is 3.66. The number of carbonyl (C=O) groups is 1. The first-order chi connectivity index (χ1) is 7.06. The third-order valence-electron chi connectivity index (χ3n) is 2.61. The number of amides is 1. The van der Waals surface area contributed by atoms with Gasteiger partial charge in [0, 0.05) is 13.1 Å². The smallest absolute Gasteiger partial charge is 0.409 e. The Kier molecular flexibility index (Phi) is 7.57. The highest BCUT2D eigenvalue weighted by Crippen LogP contribution is 2.09. The molecule has 3 nitrogen and oxygen atoms in total. The van der Waals surface area contributed by atoms with Crippen molar-refractivity contribution >= 4 is 17.7 Å². The van der Waals surface area contributed by atoms with Crippen LogP contribution in [-0.2, 0) is 4.74 Å². The van der Waals surface area contributed by atoms with Crippen LogP contribution >= 0.6 is 11.6 Å². The van der Waals surface area contributed by atoms with E-state index in [1.54, 1.807) is 11.9 Å². The summed E-state index contributed by atoms with van der Waals surface area (Å²) in [5.41, 5.74) is 0. The van der Waals surface area contributed by atoms with Gasteiger partial charge in [0.15, 0.2) is 0 Å². The molecule has 4 heteroatoms. The van der Waals surface area contributed by atoms with Crippen molar-refractivity contribution in [2.75, 3.05) is 13.7 Å². The summed E-state index contributed by atoms with van der Waals surface area (Å²) in [6.07, 6.45) is 2.42. The van der Waals surface area contributed by atoms with E-state index in [-0.39, 0.29) is 17.5 Å². The van der Waals surface area contributed by atoms with Crippen molar-refractivity contribution in [3.63, 3.8) is 0 Å². The van der Waals surface area contributed by atoms with Crippen molar-refractivity contribution in [1.82, 2.24) is 4.90 Å². The van der Waals surface area contributed by atoms with E-state index in [2.05, 4.69) is 13.8 Å². The molecule has 0 aliphatic carbocycles. The van der Waals surface area contributed by atoms with Crippen LogP contribution in [0.4, 0.5) is 4.79 Å². The fraction of sp³-hybridized carbons (Fsp3) is 0.909. The summed E-state index contributed by atoms with van der Waals surface area (Å²) >= 11 is 5.87. The summed E-state index contributed by atoms with van der Waals surface area (Å²) in [6, 6.07) is 0.257. The highest BCUT2D eigenvalue weighted by Gasteiger charge is 2.18. The number of hydrogen-bond acceptors (Lipinski definition) is 2. The number of hydrogen-bond donors (Lipinski definition) is 0. The monoisotopic (exact) mass is 235 g/mol. The molecule has 0 aromatic heterocycles. The minimum Gasteiger partial charge on any atom is -0.448 e. The van der Waals surface area contributed by atoms with E-state index in [1.165, 1.54) is 0 Å². The van der Waals surface area contributed by atoms with Crippen LogP contribution in [0.3, 0.4) is 0 Å². The van der Waals surface area contributed by atoms with E-state index < -0.39 is 0 Å². The fourth-order valence-corrected chi connectivity index (χ4v) is 1.43. The number of rotatable bonds is 6. The molecule has 0 aliphatic rings. The average molecular weight is 236 g/mol. The first-order valence-electron chi connectivity index (χ1n) is 5.60. The number of nitrogens with zero attached hydrogens (tertiary/aromatic N) is 1. The van der Waals surface area contributed by atoms with Gasteiger partial charge in [-0.05, 0) is 19.3 Å². The molecule has 0 aromatic rings. The SMILES string of the molecule is CCC(Cl)COC(=O)N(C)C(CC)CC. The Morgan fingerprint density at radius 3 is 2.20 bits per heavy atom. The van der Waals surface area contributed by atoms with Crippen molar-refractivity contribution in [2.45, 2.75) is 51.5 Å². The van der Waals surface area contributed by atoms with Gasteiger partial charge in [-0.25, -0.2) is 4.79 Å². The Balaban J connectivity index is 3.97. The lowest BCUT2D eigenvalue weighted by Gasteiger charge is -2.25. The van der Waals surface area contributed by atoms with Gasteiger partial charge in [-0.3, -0.25) is 0 Å². The Hall–Kier alpha value is -0.440. The largest absolute Gasteiger partial charge is 0.448 e. The highest BCUT2D eigenvalue weighted by atomic mass is 35.5. The van der Waals surface area contributed by atoms with E-state index >= 15 is 0 Å². The molecule has 0 heterocycles. The average Bonchev–Trinajstić information content (AvgIpc) is 2.26. The van der Waals surface area contributed by atoms with Crippen LogP contribution in [0.5, 0.6) is 0 Å². The molecule has 0 bridgehead atoms. The van der Waals surface area contributed by atoms with E-state index in [0.29, 0.717) is 6.61 Å². The van der Waals surface area contributed by atoms with Crippen LogP contribution in [-0.4, -0.2) is 36.1 Å². The molecule has 0 N–H and O–H groups in total. The summed E-state index contributed by atoms with van der Waals surface area (Å²) in [5.74, 6) is 0. The first kappa shape index (κ1) is 14.6. The van der Waals surface area contributed by atoms with Gasteiger partial charge in [-0.2, -0.15) is 0 Å². The minimum absolute atomic E-state index is 0.0796. The van der Waals surface area contributed by atoms with Gasteiger partial charge in [-0.1, -0.05) is 20.8 Å². The van der Waals surface area contributed by atoms with Crippen molar-refractivity contribution < 1.29 is 9.53 Å². The lowest BCUT2D eigenvalue weighted by molar-refractivity contribution is 0.0948. The maximum absolute atomic E-state index is 11.6. The van der Waals surface area contributed by atoms with Gasteiger partial charge in [-0.15, -0.1) is 11.6 Å². The maximum Gasteiger partial charge on any atom is 0.409 e. The Bertz CT molecular complexity index is 183. The maximum atomic E-state index is 11.6. The summed E-state index contributed by atoms with van der Waals surface area (Å²) in [7, 11) is 1.77. The third-order valence-corrected chi connectivity index (χ3v) is 3.04. The lowest BCUT2D eigenvalue weighted by atomic mass is 10.1. The van der Waals surface area contributed by atoms with Gasteiger partial charge < -0.3 is 9.64 Å². The van der Waals surface area contributed by atoms with Gasteiger partial charge in [0.1, 0.15) is 6.61 Å². The predicted molar refractivity (Wildman–Crippen MR) is 63.4 cm³/mol. The number of ether oxygens (including phenoxy) is 1. The number of carbonyl (C=O) groups excluding carboxylic acids is 1. The fourth-order valence-electron chi connectivity index (χ4n) is 1.37. The summed E-state index contributed by atoms with van der Waals surface area (Å²) < 4.78 is 5.10. The van der Waals surface area contributed by atoms with E-state index in [4.69, 9.17) is 16.3 Å². The molecule has 90 valence electrons. The molecule has 0 radical (unpaired) electrons. The molecule has 1 atom stereocenters. The van der Waals surface area contributed by atoms with Gasteiger partial charge in [0.2, 0.25) is 0 Å². The predicted octanol–water partition coefficient (Wildman–Crippen LogP) is 3.26. The quantitative estimate of drug-likeness (QED) is 0.662. The molecule has 1 amide bonds. The molecule has 0 fully saturated rings. The van der Waals surface area contributed by atoms with Crippen LogP contribution in [0.2, 0.25) is 0 Å². The van der Waals surface area contributed by atoms with Crippen LogP contribution in [0.1, 0.15) is 40.0 Å². The molecule has 0 saturated carbocycles. The topological polar surface area (TPSA) is 29.5 Å². The van der Waals surface area contributed by atoms with Crippen LogP contribution in [0.15, 0.2) is 0 Å². The molecule has 0 aliphatic heterocycles. The van der Waals surface area contributed by atoms with Crippen molar-refractivity contribution in [2.24, 2.45) is 0 Å². The first-order valence-corrected chi connectivity index (χ1v) is 6.03. The summed E-state index contributed by atoms with van der Waals surface area (Å²) in [5, 5.41) is -0.0796. The molecule has 0 saturated heterocycles. The zero-order chi connectivity index (χ0) is 11.8. The Labute approximate surface area is 97.7 Å². The Morgan fingerprint density at radius 2 is 1.80 bits per heavy atom. The molecular weight excluding hydrogens is 214 g/mol. The number of alkyl halides is 1. The van der Waals surface area contributed by atoms with Crippen molar-refractivity contribution in [3.8, 4) is 0 Å². The van der Waals surface area contributed by atoms with Crippen LogP contribution in [0.25, 0.3) is 0 Å². The zero-order valence-corrected chi connectivity index (χ0v) is 10.9. The lowest BCUT2D eigenvalue weighted by Crippen LogP contribution is -2.37. The van der Waals surface area contributed by atoms with Crippen LogP contribution in [0, 0.1) is 0 Å². The van der Waals surface area contributed by atoms with E-state index in [9.17, 15) is 4.79 Å². The molecule has 0 spiro atoms. The minimum atomic E-state index is -0.275. The second kappa shape index (κ2) is 7.80. The summed E-state index contributed by atoms with van der Waals surface area (Å²) in [4.78, 5) is 13.2. The Morgan fingerprint density at radius 1 is 1.27 bits per heavy atom. The molecular formula is C11H22ClNO2. The van der Waals surface area contributed by atoms with Gasteiger partial charge in [0.05, 0.1) is 5.38 Å². The number of halogens is 1. The third kappa shape index (κ3) is 5.26. The molecule has 0 rings (SSSR count). The standard InChI is InChI=1S/C11H22ClNO2/c1-5-9(12)8-15-11(14)13(4)10(6-2)7-3/h9-10H,5-8H2,1-4H3. The highest BCUT2D eigenvalue weighted by molar-refractivity contribution is 6.20. The molecule has 0 aromatic carbocycles. The van der Waals surface area contributed by atoms with Gasteiger partial charge >= 0.3 is 6.09 Å². The van der Waals surface area contributed by atoms with E-state index in [0.717, 1.165) is 19.3 Å². The molecule has 1 unspecified atom stereocenters. The second-order valence-corrected chi connectivity index (χ2v) is 4.28. The van der Waals surface area contributed by atoms with Crippen LogP contribution < -0.4 is 0 Å². The normalized spacial score (nSPS) is 12.7. The zero-order valence-electron chi connectivity index (χ0n) is 10.1. The molecule has 15 heavy (non-hydrogen) atoms. The summed E-state index contributed by atoms with van der Waals surface area (Å²) in [6.45, 7) is 6.39.